The molecule has 184 valence electrons. The van der Waals surface area contributed by atoms with Gasteiger partial charge in [-0.2, -0.15) is 0 Å². The maximum absolute atomic E-state index is 13.0. The maximum Gasteiger partial charge on any atom is 0.306 e. The fraction of sp³-hybridized carbons (Fsp3) is 0.833. The van der Waals surface area contributed by atoms with Gasteiger partial charge < -0.3 is 19.6 Å². The highest BCUT2D eigenvalue weighted by Crippen LogP contribution is 2.25. The average molecular weight is 455 g/mol. The lowest BCUT2D eigenvalue weighted by molar-refractivity contribution is -0.545. The van der Waals surface area contributed by atoms with Crippen molar-refractivity contribution in [3.63, 3.8) is 0 Å². The molecule has 0 aromatic carbocycles. The number of carbonyl (C=O) groups is 3. The molecule has 0 radical (unpaired) electrons. The molecule has 1 heterocycles. The molecule has 32 heavy (non-hydrogen) atoms. The Labute approximate surface area is 192 Å². The van der Waals surface area contributed by atoms with E-state index in [4.69, 9.17) is 9.47 Å². The summed E-state index contributed by atoms with van der Waals surface area (Å²) in [6.45, 7) is 14.0. The van der Waals surface area contributed by atoms with Gasteiger partial charge in [-0.1, -0.05) is 0 Å². The molecule has 1 aliphatic heterocycles. The Morgan fingerprint density at radius 2 is 1.28 bits per heavy atom. The first-order valence-corrected chi connectivity index (χ1v) is 11.6. The number of hydrogen-bond donors (Lipinski definition) is 0. The Balaban J connectivity index is 2.79. The predicted octanol–water partition coefficient (Wildman–Crippen LogP) is 3.97. The second kappa shape index (κ2) is 11.7. The van der Waals surface area contributed by atoms with Crippen molar-refractivity contribution < 1.29 is 28.6 Å². The predicted molar refractivity (Wildman–Crippen MR) is 123 cm³/mol. The van der Waals surface area contributed by atoms with Crippen LogP contribution in [0.25, 0.3) is 0 Å². The van der Waals surface area contributed by atoms with Crippen LogP contribution in [0.3, 0.4) is 0 Å². The summed E-state index contributed by atoms with van der Waals surface area (Å²) in [5.74, 6) is -0.728. The fourth-order valence-electron chi connectivity index (χ4n) is 3.52. The topological polar surface area (TPSA) is 99.0 Å². The molecule has 1 amide bonds. The first-order valence-electron chi connectivity index (χ1n) is 11.6. The van der Waals surface area contributed by atoms with Crippen LogP contribution in [0.1, 0.15) is 99.8 Å². The first-order chi connectivity index (χ1) is 14.6. The minimum absolute atomic E-state index is 0.0522. The van der Waals surface area contributed by atoms with E-state index in [1.807, 2.05) is 4.90 Å². The molecule has 0 bridgehead atoms. The van der Waals surface area contributed by atoms with Gasteiger partial charge in [-0.15, -0.1) is 0 Å². The van der Waals surface area contributed by atoms with Crippen LogP contribution < -0.4 is 0 Å². The quantitative estimate of drug-likeness (QED) is 0.163. The van der Waals surface area contributed by atoms with Crippen LogP contribution in [-0.4, -0.2) is 63.5 Å². The van der Waals surface area contributed by atoms with Gasteiger partial charge in [-0.05, 0) is 54.4 Å². The molecule has 1 rings (SSSR count). The van der Waals surface area contributed by atoms with Crippen molar-refractivity contribution in [2.75, 3.05) is 13.1 Å². The molecule has 0 aromatic heterocycles. The normalized spacial score (nSPS) is 15.6. The van der Waals surface area contributed by atoms with Crippen molar-refractivity contribution in [1.29, 1.82) is 0 Å². The summed E-state index contributed by atoms with van der Waals surface area (Å²) in [5, 5.41) is 13.0. The molecule has 0 unspecified atom stereocenters. The van der Waals surface area contributed by atoms with Crippen LogP contribution >= 0.6 is 0 Å². The molecule has 0 N–H and O–H groups in total. The smallest absolute Gasteiger partial charge is 0.306 e. The zero-order valence-corrected chi connectivity index (χ0v) is 21.0. The van der Waals surface area contributed by atoms with Gasteiger partial charge in [0.25, 0.3) is 0 Å². The molecular formula is C24H42N2O6. The van der Waals surface area contributed by atoms with Crippen molar-refractivity contribution in [3.05, 3.63) is 5.21 Å². The molecule has 0 aromatic rings. The molecule has 0 spiro atoms. The van der Waals surface area contributed by atoms with Gasteiger partial charge in [0.05, 0.1) is 12.8 Å². The molecule has 1 fully saturated rings. The van der Waals surface area contributed by atoms with Gasteiger partial charge in [0, 0.05) is 45.7 Å². The summed E-state index contributed by atoms with van der Waals surface area (Å²) in [6.07, 6.45) is 4.66. The number of nitrogens with zero attached hydrogens (tertiary/aromatic N) is 2. The standard InChI is InChI=1S/C24H42N2O6/c1-22(2,3)31-20(28)12-14-24(7,15-13-21(29)32-23(4,5)6)26(30)18-10-11-19(27)25-16-8-9-17-25/h18H,8-17H2,1-7H3/b26-18-. The highest BCUT2D eigenvalue weighted by atomic mass is 16.6. The van der Waals surface area contributed by atoms with Gasteiger partial charge in [-0.25, -0.2) is 4.74 Å². The van der Waals surface area contributed by atoms with Crippen LogP contribution in [-0.2, 0) is 23.9 Å². The minimum atomic E-state index is -0.996. The van der Waals surface area contributed by atoms with E-state index in [9.17, 15) is 19.6 Å². The zero-order valence-electron chi connectivity index (χ0n) is 21.0. The molecule has 8 heteroatoms. The van der Waals surface area contributed by atoms with Gasteiger partial charge in [0.1, 0.15) is 11.2 Å². The second-order valence-electron chi connectivity index (χ2n) is 10.8. The lowest BCUT2D eigenvalue weighted by atomic mass is 9.90. The minimum Gasteiger partial charge on any atom is -0.624 e. The monoisotopic (exact) mass is 454 g/mol. The van der Waals surface area contributed by atoms with Crippen molar-refractivity contribution in [3.8, 4) is 0 Å². The Bertz CT molecular complexity index is 650. The molecule has 1 aliphatic rings. The van der Waals surface area contributed by atoms with E-state index < -0.39 is 28.7 Å². The maximum atomic E-state index is 13.0. The van der Waals surface area contributed by atoms with Gasteiger partial charge in [-0.3, -0.25) is 14.4 Å². The first kappa shape index (κ1) is 27.9. The van der Waals surface area contributed by atoms with E-state index in [2.05, 4.69) is 0 Å². The van der Waals surface area contributed by atoms with Crippen LogP contribution in [0, 0.1) is 5.21 Å². The number of hydroxylamine groups is 1. The number of hydrogen-bond acceptors (Lipinski definition) is 6. The number of ether oxygens (including phenoxy) is 2. The number of carbonyl (C=O) groups excluding carboxylic acids is 3. The summed E-state index contributed by atoms with van der Waals surface area (Å²) in [5.41, 5.74) is -2.21. The van der Waals surface area contributed by atoms with E-state index in [1.54, 1.807) is 48.5 Å². The van der Waals surface area contributed by atoms with E-state index in [0.29, 0.717) is 6.42 Å². The van der Waals surface area contributed by atoms with Crippen LogP contribution in [0.15, 0.2) is 0 Å². The Hall–Kier alpha value is -2.12. The highest BCUT2D eigenvalue weighted by molar-refractivity contribution is 5.78. The van der Waals surface area contributed by atoms with Gasteiger partial charge >= 0.3 is 11.9 Å². The average Bonchev–Trinajstić information content (AvgIpc) is 3.16. The van der Waals surface area contributed by atoms with Crippen LogP contribution in [0.5, 0.6) is 0 Å². The van der Waals surface area contributed by atoms with E-state index in [-0.39, 0.29) is 38.0 Å². The van der Waals surface area contributed by atoms with Crippen molar-refractivity contribution in [2.24, 2.45) is 0 Å². The SMILES string of the molecule is CC(C)(C)OC(=O)CCC(C)(CCC(=O)OC(C)(C)C)/[N+]([O-])=C/CCC(=O)N1CCCC1. The number of esters is 2. The Morgan fingerprint density at radius 3 is 1.69 bits per heavy atom. The van der Waals surface area contributed by atoms with Crippen LogP contribution in [0.2, 0.25) is 0 Å². The summed E-state index contributed by atoms with van der Waals surface area (Å²) >= 11 is 0. The van der Waals surface area contributed by atoms with Gasteiger partial charge in [0.15, 0.2) is 11.8 Å². The van der Waals surface area contributed by atoms with Gasteiger partial charge in [0.2, 0.25) is 5.91 Å². The third-order valence-electron chi connectivity index (χ3n) is 5.22. The van der Waals surface area contributed by atoms with E-state index in [1.165, 1.54) is 6.21 Å². The Morgan fingerprint density at radius 1 is 0.844 bits per heavy atom. The molecule has 0 atom stereocenters. The fourth-order valence-corrected chi connectivity index (χ4v) is 3.52. The second-order valence-corrected chi connectivity index (χ2v) is 10.8. The third-order valence-corrected chi connectivity index (χ3v) is 5.22. The zero-order chi connectivity index (χ0) is 24.6. The number of rotatable bonds is 10. The highest BCUT2D eigenvalue weighted by Gasteiger charge is 2.35. The Kier molecular flexibility index (Phi) is 10.2. The van der Waals surface area contributed by atoms with Crippen LogP contribution in [0.4, 0.5) is 0 Å². The van der Waals surface area contributed by atoms with E-state index >= 15 is 0 Å². The van der Waals surface area contributed by atoms with Crippen molar-refractivity contribution in [1.82, 2.24) is 4.90 Å². The van der Waals surface area contributed by atoms with E-state index in [0.717, 1.165) is 30.7 Å². The lowest BCUT2D eigenvalue weighted by Crippen LogP contribution is -2.39. The van der Waals surface area contributed by atoms with Crippen molar-refractivity contribution >= 4 is 24.1 Å². The molecule has 0 aliphatic carbocycles. The summed E-state index contributed by atoms with van der Waals surface area (Å²) < 4.78 is 11.5. The number of likely N-dealkylation sites (tertiary alicyclic amines) is 1. The summed E-state index contributed by atoms with van der Waals surface area (Å²) in [7, 11) is 0. The molecule has 8 nitrogen and oxygen atoms in total. The molecular weight excluding hydrogens is 412 g/mol. The lowest BCUT2D eigenvalue weighted by Gasteiger charge is -2.29. The molecule has 1 saturated heterocycles. The third kappa shape index (κ3) is 11.0. The summed E-state index contributed by atoms with van der Waals surface area (Å²) in [4.78, 5) is 38.5. The van der Waals surface area contributed by atoms with Crippen molar-refractivity contribution in [2.45, 2.75) is 117 Å². The number of amides is 1. The largest absolute Gasteiger partial charge is 0.624 e. The molecule has 0 saturated carbocycles. The summed E-state index contributed by atoms with van der Waals surface area (Å²) in [6, 6.07) is 0.